The Morgan fingerprint density at radius 2 is 1.94 bits per heavy atom. The Hall–Kier alpha value is -1.10. The van der Waals surface area contributed by atoms with E-state index in [-0.39, 0.29) is 5.92 Å². The first-order valence-corrected chi connectivity index (χ1v) is 6.05. The summed E-state index contributed by atoms with van der Waals surface area (Å²) in [5, 5.41) is 8.85. The van der Waals surface area contributed by atoms with Crippen molar-refractivity contribution in [1.29, 1.82) is 0 Å². The van der Waals surface area contributed by atoms with Crippen molar-refractivity contribution < 1.29 is 19.4 Å². The highest BCUT2D eigenvalue weighted by molar-refractivity contribution is 5.83. The molecule has 0 aromatic heterocycles. The van der Waals surface area contributed by atoms with E-state index >= 15 is 0 Å². The molecule has 0 aliphatic carbocycles. The van der Waals surface area contributed by atoms with Gasteiger partial charge in [-0.3, -0.25) is 9.59 Å². The highest BCUT2D eigenvalue weighted by atomic mass is 16.5. The van der Waals surface area contributed by atoms with Crippen LogP contribution in [0.4, 0.5) is 0 Å². The van der Waals surface area contributed by atoms with Crippen molar-refractivity contribution in [3.8, 4) is 0 Å². The van der Waals surface area contributed by atoms with Crippen LogP contribution in [0.2, 0.25) is 0 Å². The summed E-state index contributed by atoms with van der Waals surface area (Å²) in [6, 6.07) is -1.19. The minimum absolute atomic E-state index is 0.198. The van der Waals surface area contributed by atoms with E-state index in [1.54, 1.807) is 0 Å². The van der Waals surface area contributed by atoms with Crippen molar-refractivity contribution in [3.05, 3.63) is 0 Å². The Labute approximate surface area is 102 Å². The fourth-order valence-corrected chi connectivity index (χ4v) is 1.49. The van der Waals surface area contributed by atoms with E-state index in [0.717, 1.165) is 12.8 Å². The second-order valence-electron chi connectivity index (χ2n) is 4.62. The van der Waals surface area contributed by atoms with Crippen LogP contribution in [-0.4, -0.2) is 29.7 Å². The summed E-state index contributed by atoms with van der Waals surface area (Å²) in [5.74, 6) is -2.22. The number of carbonyl (C=O) groups excluding carboxylic acids is 1. The summed E-state index contributed by atoms with van der Waals surface area (Å²) in [6.07, 6.45) is 2.13. The zero-order chi connectivity index (χ0) is 13.4. The van der Waals surface area contributed by atoms with Gasteiger partial charge in [-0.2, -0.15) is 0 Å². The lowest BCUT2D eigenvalue weighted by Crippen LogP contribution is -2.43. The lowest BCUT2D eigenvalue weighted by molar-refractivity contribution is -0.155. The smallest absolute Gasteiger partial charge is 0.321 e. The molecule has 5 heteroatoms. The number of unbranched alkanes of at least 4 members (excludes halogenated alkanes) is 1. The molecule has 0 aliphatic rings. The van der Waals surface area contributed by atoms with Gasteiger partial charge in [0.1, 0.15) is 6.04 Å². The molecule has 0 amide bonds. The number of carboxylic acid groups (broad SMARTS) is 1. The molecule has 0 fully saturated rings. The summed E-state index contributed by atoms with van der Waals surface area (Å²) in [4.78, 5) is 22.6. The molecule has 0 spiro atoms. The second kappa shape index (κ2) is 8.06. The zero-order valence-corrected chi connectivity index (χ0v) is 10.8. The number of hydrogen-bond donors (Lipinski definition) is 2. The highest BCUT2D eigenvalue weighted by Crippen LogP contribution is 2.17. The van der Waals surface area contributed by atoms with E-state index < -0.39 is 23.9 Å². The van der Waals surface area contributed by atoms with E-state index in [2.05, 4.69) is 0 Å². The largest absolute Gasteiger partial charge is 0.480 e. The highest BCUT2D eigenvalue weighted by Gasteiger charge is 2.32. The Morgan fingerprint density at radius 1 is 1.35 bits per heavy atom. The quantitative estimate of drug-likeness (QED) is 0.498. The Bertz CT molecular complexity index is 253. The van der Waals surface area contributed by atoms with E-state index in [1.165, 1.54) is 0 Å². The number of nitrogens with two attached hydrogens (primary N) is 1. The van der Waals surface area contributed by atoms with E-state index in [0.29, 0.717) is 13.0 Å². The van der Waals surface area contributed by atoms with Gasteiger partial charge in [0, 0.05) is 0 Å². The second-order valence-corrected chi connectivity index (χ2v) is 4.62. The van der Waals surface area contributed by atoms with Gasteiger partial charge in [-0.1, -0.05) is 27.2 Å². The molecule has 17 heavy (non-hydrogen) atoms. The molecule has 0 radical (unpaired) electrons. The summed E-state index contributed by atoms with van der Waals surface area (Å²) in [6.45, 7) is 6.15. The molecule has 3 N–H and O–H groups in total. The topological polar surface area (TPSA) is 89.6 Å². The van der Waals surface area contributed by atoms with Gasteiger partial charge in [-0.15, -0.1) is 0 Å². The average molecular weight is 245 g/mol. The van der Waals surface area contributed by atoms with Gasteiger partial charge in [0.2, 0.25) is 0 Å². The first-order chi connectivity index (χ1) is 7.90. The molecule has 0 aliphatic heterocycles. The van der Waals surface area contributed by atoms with Crippen molar-refractivity contribution in [1.82, 2.24) is 0 Å². The van der Waals surface area contributed by atoms with Crippen molar-refractivity contribution in [2.45, 2.75) is 46.1 Å². The SMILES string of the molecule is CCCCOC(=O)C(CC(C)C)C(N)C(=O)O. The molecular weight excluding hydrogens is 222 g/mol. The first kappa shape index (κ1) is 15.9. The number of ether oxygens (including phenoxy) is 1. The fraction of sp³-hybridized carbons (Fsp3) is 0.833. The Balaban J connectivity index is 4.45. The minimum Gasteiger partial charge on any atom is -0.480 e. The van der Waals surface area contributed by atoms with Crippen LogP contribution in [0, 0.1) is 11.8 Å². The monoisotopic (exact) mass is 245 g/mol. The van der Waals surface area contributed by atoms with Crippen LogP contribution in [0.25, 0.3) is 0 Å². The van der Waals surface area contributed by atoms with Gasteiger partial charge >= 0.3 is 11.9 Å². The summed E-state index contributed by atoms with van der Waals surface area (Å²) in [7, 11) is 0. The normalized spacial score (nSPS) is 14.4. The summed E-state index contributed by atoms with van der Waals surface area (Å²) < 4.78 is 5.03. The molecule has 0 heterocycles. The zero-order valence-electron chi connectivity index (χ0n) is 10.8. The van der Waals surface area contributed by atoms with E-state index in [1.807, 2.05) is 20.8 Å². The first-order valence-electron chi connectivity index (χ1n) is 6.05. The number of carbonyl (C=O) groups is 2. The van der Waals surface area contributed by atoms with Crippen LogP contribution in [-0.2, 0) is 14.3 Å². The summed E-state index contributed by atoms with van der Waals surface area (Å²) >= 11 is 0. The number of aliphatic carboxylic acids is 1. The van der Waals surface area contributed by atoms with E-state index in [4.69, 9.17) is 15.6 Å². The molecule has 5 nitrogen and oxygen atoms in total. The van der Waals surface area contributed by atoms with Crippen molar-refractivity contribution in [2.75, 3.05) is 6.61 Å². The third kappa shape index (κ3) is 6.26. The number of hydrogen-bond acceptors (Lipinski definition) is 4. The van der Waals surface area contributed by atoms with Gasteiger partial charge in [0.15, 0.2) is 0 Å². The molecule has 0 aromatic rings. The molecule has 2 unspecified atom stereocenters. The molecule has 0 aromatic carbocycles. The Kier molecular flexibility index (Phi) is 7.54. The van der Waals surface area contributed by atoms with Gasteiger partial charge in [-0.25, -0.2) is 0 Å². The van der Waals surface area contributed by atoms with Crippen LogP contribution in [0.15, 0.2) is 0 Å². The van der Waals surface area contributed by atoms with Gasteiger partial charge in [0.25, 0.3) is 0 Å². The predicted molar refractivity (Wildman–Crippen MR) is 64.4 cm³/mol. The van der Waals surface area contributed by atoms with Crippen molar-refractivity contribution in [3.63, 3.8) is 0 Å². The average Bonchev–Trinajstić information content (AvgIpc) is 2.24. The Morgan fingerprint density at radius 3 is 2.35 bits per heavy atom. The predicted octanol–water partition coefficient (Wildman–Crippen LogP) is 1.40. The van der Waals surface area contributed by atoms with Gasteiger partial charge < -0.3 is 15.6 Å². The van der Waals surface area contributed by atoms with Crippen molar-refractivity contribution >= 4 is 11.9 Å². The molecule has 0 rings (SSSR count). The molecule has 2 atom stereocenters. The third-order valence-corrected chi connectivity index (χ3v) is 2.49. The molecule has 0 saturated carbocycles. The van der Waals surface area contributed by atoms with Crippen LogP contribution in [0.1, 0.15) is 40.0 Å². The van der Waals surface area contributed by atoms with Gasteiger partial charge in [0.05, 0.1) is 12.5 Å². The van der Waals surface area contributed by atoms with Crippen LogP contribution in [0.5, 0.6) is 0 Å². The minimum atomic E-state index is -1.19. The lowest BCUT2D eigenvalue weighted by atomic mass is 9.91. The summed E-state index contributed by atoms with van der Waals surface area (Å²) in [5.41, 5.74) is 5.51. The van der Waals surface area contributed by atoms with Crippen LogP contribution >= 0.6 is 0 Å². The number of carboxylic acids is 1. The van der Waals surface area contributed by atoms with Gasteiger partial charge in [-0.05, 0) is 18.8 Å². The molecule has 0 saturated heterocycles. The number of esters is 1. The van der Waals surface area contributed by atoms with E-state index in [9.17, 15) is 9.59 Å². The maximum absolute atomic E-state index is 11.7. The number of rotatable bonds is 8. The van der Waals surface area contributed by atoms with Crippen LogP contribution < -0.4 is 5.73 Å². The third-order valence-electron chi connectivity index (χ3n) is 2.49. The lowest BCUT2D eigenvalue weighted by Gasteiger charge is -2.21. The molecule has 0 bridgehead atoms. The molecule has 100 valence electrons. The fourth-order valence-electron chi connectivity index (χ4n) is 1.49. The molecular formula is C12H23NO4. The standard InChI is InChI=1S/C12H23NO4/c1-4-5-6-17-12(16)9(7-8(2)3)10(13)11(14)15/h8-10H,4-7,13H2,1-3H3,(H,14,15). The maximum atomic E-state index is 11.7. The van der Waals surface area contributed by atoms with Crippen molar-refractivity contribution in [2.24, 2.45) is 17.6 Å². The van der Waals surface area contributed by atoms with Crippen LogP contribution in [0.3, 0.4) is 0 Å². The maximum Gasteiger partial charge on any atom is 0.321 e.